The summed E-state index contributed by atoms with van der Waals surface area (Å²) in [6.45, 7) is 9.78. The molecule has 0 aliphatic heterocycles. The Morgan fingerprint density at radius 3 is 2.45 bits per heavy atom. The summed E-state index contributed by atoms with van der Waals surface area (Å²) in [5.41, 5.74) is -0.511. The molecule has 0 unspecified atom stereocenters. The molecule has 1 rings (SSSR count). The van der Waals surface area contributed by atoms with Crippen LogP contribution in [0.15, 0.2) is 0 Å². The number of alkyl carbamates (subject to hydrolysis) is 1. The number of amides is 1. The lowest BCUT2D eigenvalue weighted by atomic mass is 9.79. The van der Waals surface area contributed by atoms with Gasteiger partial charge in [0, 0.05) is 6.04 Å². The topological polar surface area (TPSA) is 64.6 Å². The van der Waals surface area contributed by atoms with Gasteiger partial charge in [-0.25, -0.2) is 4.79 Å². The summed E-state index contributed by atoms with van der Waals surface area (Å²) in [5, 5.41) is 2.88. The van der Waals surface area contributed by atoms with Crippen LogP contribution < -0.4 is 5.32 Å². The second-order valence-electron chi connectivity index (χ2n) is 6.49. The van der Waals surface area contributed by atoms with Crippen molar-refractivity contribution < 1.29 is 19.1 Å². The molecule has 1 saturated carbocycles. The summed E-state index contributed by atoms with van der Waals surface area (Å²) in [5.74, 6) is 0.0645. The van der Waals surface area contributed by atoms with E-state index in [1.807, 2.05) is 20.8 Å². The Morgan fingerprint density at radius 2 is 1.90 bits per heavy atom. The number of nitrogens with one attached hydrogen (secondary N) is 1. The van der Waals surface area contributed by atoms with E-state index in [0.29, 0.717) is 18.9 Å². The van der Waals surface area contributed by atoms with Gasteiger partial charge in [-0.2, -0.15) is 0 Å². The standard InChI is InChI=1S/C15H27NO4/c1-6-19-13(17)11-8-7-10(2)12(9-11)16-14(18)20-15(3,4)5/h10-12H,6-9H2,1-5H3,(H,16,18)/t10-,11-,12+/m0/s1. The molecular weight excluding hydrogens is 258 g/mol. The van der Waals surface area contributed by atoms with Crippen molar-refractivity contribution in [1.29, 1.82) is 0 Å². The molecule has 0 heterocycles. The van der Waals surface area contributed by atoms with Gasteiger partial charge in [0.15, 0.2) is 0 Å². The van der Waals surface area contributed by atoms with Crippen molar-refractivity contribution in [3.8, 4) is 0 Å². The molecule has 0 spiro atoms. The Hall–Kier alpha value is -1.26. The fourth-order valence-electron chi connectivity index (χ4n) is 2.46. The molecule has 1 amide bonds. The van der Waals surface area contributed by atoms with Crippen molar-refractivity contribution >= 4 is 12.1 Å². The molecule has 1 N–H and O–H groups in total. The van der Waals surface area contributed by atoms with Crippen LogP contribution in [-0.4, -0.2) is 30.3 Å². The Balaban J connectivity index is 2.54. The minimum atomic E-state index is -0.511. The summed E-state index contributed by atoms with van der Waals surface area (Å²) in [6.07, 6.45) is 1.94. The monoisotopic (exact) mass is 285 g/mol. The SMILES string of the molecule is CCOC(=O)[C@H]1CC[C@H](C)[C@H](NC(=O)OC(C)(C)C)C1. The lowest BCUT2D eigenvalue weighted by Gasteiger charge is -2.34. The van der Waals surface area contributed by atoms with Crippen molar-refractivity contribution in [2.24, 2.45) is 11.8 Å². The maximum atomic E-state index is 11.8. The van der Waals surface area contributed by atoms with Crippen LogP contribution in [0.3, 0.4) is 0 Å². The zero-order valence-electron chi connectivity index (χ0n) is 13.2. The van der Waals surface area contributed by atoms with Gasteiger partial charge < -0.3 is 14.8 Å². The highest BCUT2D eigenvalue weighted by atomic mass is 16.6. The maximum absolute atomic E-state index is 11.8. The van der Waals surface area contributed by atoms with E-state index in [9.17, 15) is 9.59 Å². The lowest BCUT2D eigenvalue weighted by Crippen LogP contribution is -2.46. The first kappa shape index (κ1) is 16.8. The first-order chi connectivity index (χ1) is 9.23. The number of carbonyl (C=O) groups excluding carboxylic acids is 2. The van der Waals surface area contributed by atoms with Gasteiger partial charge in [0.05, 0.1) is 12.5 Å². The molecule has 0 saturated heterocycles. The van der Waals surface area contributed by atoms with Gasteiger partial charge in [-0.15, -0.1) is 0 Å². The molecular formula is C15H27NO4. The predicted molar refractivity (Wildman–Crippen MR) is 76.3 cm³/mol. The number of hydrogen-bond donors (Lipinski definition) is 1. The minimum Gasteiger partial charge on any atom is -0.466 e. The summed E-state index contributed by atoms with van der Waals surface area (Å²) in [4.78, 5) is 23.6. The van der Waals surface area contributed by atoms with E-state index in [1.54, 1.807) is 6.92 Å². The molecule has 5 nitrogen and oxygen atoms in total. The zero-order chi connectivity index (χ0) is 15.3. The van der Waals surface area contributed by atoms with E-state index >= 15 is 0 Å². The molecule has 0 bridgehead atoms. The van der Waals surface area contributed by atoms with Crippen LogP contribution in [0.4, 0.5) is 4.79 Å². The second kappa shape index (κ2) is 6.95. The molecule has 0 radical (unpaired) electrons. The van der Waals surface area contributed by atoms with Crippen LogP contribution in [-0.2, 0) is 14.3 Å². The number of hydrogen-bond acceptors (Lipinski definition) is 4. The molecule has 1 fully saturated rings. The summed E-state index contributed by atoms with van der Waals surface area (Å²) < 4.78 is 10.3. The Labute approximate surface area is 121 Å². The number of ether oxygens (including phenoxy) is 2. The maximum Gasteiger partial charge on any atom is 0.407 e. The molecule has 116 valence electrons. The van der Waals surface area contributed by atoms with Gasteiger partial charge in [0.1, 0.15) is 5.60 Å². The van der Waals surface area contributed by atoms with Crippen molar-refractivity contribution in [3.05, 3.63) is 0 Å². The van der Waals surface area contributed by atoms with Crippen LogP contribution in [0.5, 0.6) is 0 Å². The predicted octanol–water partition coefficient (Wildman–Crippen LogP) is 2.88. The van der Waals surface area contributed by atoms with Gasteiger partial charge in [-0.05, 0) is 52.9 Å². The van der Waals surface area contributed by atoms with Gasteiger partial charge in [0.25, 0.3) is 0 Å². The summed E-state index contributed by atoms with van der Waals surface area (Å²) in [6, 6.07) is -0.0343. The fraction of sp³-hybridized carbons (Fsp3) is 0.867. The van der Waals surface area contributed by atoms with E-state index in [2.05, 4.69) is 12.2 Å². The molecule has 1 aliphatic carbocycles. The number of esters is 1. The number of rotatable bonds is 3. The Morgan fingerprint density at radius 1 is 1.25 bits per heavy atom. The van der Waals surface area contributed by atoms with Crippen molar-refractivity contribution in [2.75, 3.05) is 6.61 Å². The Bertz CT molecular complexity index is 348. The van der Waals surface area contributed by atoms with Gasteiger partial charge in [0.2, 0.25) is 0 Å². The highest BCUT2D eigenvalue weighted by molar-refractivity contribution is 5.73. The zero-order valence-corrected chi connectivity index (χ0v) is 13.2. The molecule has 0 aromatic carbocycles. The van der Waals surface area contributed by atoms with Crippen LogP contribution in [0, 0.1) is 11.8 Å². The molecule has 20 heavy (non-hydrogen) atoms. The van der Waals surface area contributed by atoms with Gasteiger partial charge in [-0.3, -0.25) is 4.79 Å². The van der Waals surface area contributed by atoms with Crippen molar-refractivity contribution in [2.45, 2.75) is 65.5 Å². The first-order valence-corrected chi connectivity index (χ1v) is 7.39. The second-order valence-corrected chi connectivity index (χ2v) is 6.49. The largest absolute Gasteiger partial charge is 0.466 e. The van der Waals surface area contributed by atoms with E-state index in [4.69, 9.17) is 9.47 Å². The van der Waals surface area contributed by atoms with Crippen LogP contribution in [0.1, 0.15) is 53.9 Å². The number of carbonyl (C=O) groups is 2. The third kappa shape index (κ3) is 5.39. The lowest BCUT2D eigenvalue weighted by molar-refractivity contribution is -0.149. The summed E-state index contributed by atoms with van der Waals surface area (Å²) in [7, 11) is 0. The third-order valence-electron chi connectivity index (χ3n) is 3.52. The summed E-state index contributed by atoms with van der Waals surface area (Å²) >= 11 is 0. The first-order valence-electron chi connectivity index (χ1n) is 7.39. The average molecular weight is 285 g/mol. The van der Waals surface area contributed by atoms with Crippen molar-refractivity contribution in [3.63, 3.8) is 0 Å². The van der Waals surface area contributed by atoms with Crippen molar-refractivity contribution in [1.82, 2.24) is 5.32 Å². The molecule has 0 aromatic rings. The fourth-order valence-corrected chi connectivity index (χ4v) is 2.46. The smallest absolute Gasteiger partial charge is 0.407 e. The van der Waals surface area contributed by atoms with Gasteiger partial charge in [-0.1, -0.05) is 6.92 Å². The molecule has 5 heteroatoms. The average Bonchev–Trinajstić information content (AvgIpc) is 2.29. The van der Waals surface area contributed by atoms with E-state index in [0.717, 1.165) is 12.8 Å². The van der Waals surface area contributed by atoms with Crippen LogP contribution >= 0.6 is 0 Å². The van der Waals surface area contributed by atoms with Crippen LogP contribution in [0.2, 0.25) is 0 Å². The quantitative estimate of drug-likeness (QED) is 0.810. The molecule has 0 aromatic heterocycles. The van der Waals surface area contributed by atoms with E-state index < -0.39 is 11.7 Å². The highest BCUT2D eigenvalue weighted by Gasteiger charge is 2.34. The highest BCUT2D eigenvalue weighted by Crippen LogP contribution is 2.30. The minimum absolute atomic E-state index is 0.0343. The van der Waals surface area contributed by atoms with Crippen LogP contribution in [0.25, 0.3) is 0 Å². The van der Waals surface area contributed by atoms with Gasteiger partial charge >= 0.3 is 12.1 Å². The third-order valence-corrected chi connectivity index (χ3v) is 3.52. The molecule has 1 aliphatic rings. The normalized spacial score (nSPS) is 26.8. The molecule has 3 atom stereocenters. The Kier molecular flexibility index (Phi) is 5.84. The van der Waals surface area contributed by atoms with E-state index in [-0.39, 0.29) is 17.9 Å². The van der Waals surface area contributed by atoms with E-state index in [1.165, 1.54) is 0 Å².